The van der Waals surface area contributed by atoms with Crippen LogP contribution in [-0.2, 0) is 11.3 Å². The molecule has 1 N–H and O–H groups in total. The van der Waals surface area contributed by atoms with E-state index in [0.29, 0.717) is 17.9 Å². The van der Waals surface area contributed by atoms with Crippen molar-refractivity contribution in [3.05, 3.63) is 35.0 Å². The number of carboxylic acids is 1. The molecule has 1 saturated heterocycles. The minimum Gasteiger partial charge on any atom is -0.481 e. The van der Waals surface area contributed by atoms with Gasteiger partial charge in [-0.1, -0.05) is 11.6 Å². The molecular weight excluding hydrogens is 278 g/mol. The summed E-state index contributed by atoms with van der Waals surface area (Å²) < 4.78 is 5.53. The summed E-state index contributed by atoms with van der Waals surface area (Å²) >= 11 is 6.13. The van der Waals surface area contributed by atoms with Gasteiger partial charge in [0.25, 0.3) is 0 Å². The number of hydrogen-bond acceptors (Lipinski definition) is 3. The SMILES string of the molecule is O=C(O)C1CCN(Cc2cc(Cl)cc3ccoc23)CC1. The normalized spacial score (nSPS) is 17.6. The van der Waals surface area contributed by atoms with Gasteiger partial charge in [-0.05, 0) is 44.1 Å². The van der Waals surface area contributed by atoms with Crippen molar-refractivity contribution in [1.29, 1.82) is 0 Å². The van der Waals surface area contributed by atoms with Crippen LogP contribution in [0.25, 0.3) is 11.0 Å². The molecule has 106 valence electrons. The van der Waals surface area contributed by atoms with Gasteiger partial charge in [0.2, 0.25) is 0 Å². The molecule has 2 aromatic rings. The molecule has 0 saturated carbocycles. The highest BCUT2D eigenvalue weighted by Gasteiger charge is 2.24. The number of aliphatic carboxylic acids is 1. The molecule has 0 radical (unpaired) electrons. The molecule has 1 aromatic heterocycles. The Labute approximate surface area is 121 Å². The summed E-state index contributed by atoms with van der Waals surface area (Å²) in [5.41, 5.74) is 1.93. The molecule has 0 amide bonds. The van der Waals surface area contributed by atoms with E-state index in [1.54, 1.807) is 6.26 Å². The van der Waals surface area contributed by atoms with Crippen molar-refractivity contribution >= 4 is 28.5 Å². The number of benzene rings is 1. The summed E-state index contributed by atoms with van der Waals surface area (Å²) in [6, 6.07) is 5.72. The number of rotatable bonds is 3. The summed E-state index contributed by atoms with van der Waals surface area (Å²) in [6.45, 7) is 2.34. The van der Waals surface area contributed by atoms with Crippen LogP contribution < -0.4 is 0 Å². The van der Waals surface area contributed by atoms with Crippen LogP contribution in [0.3, 0.4) is 0 Å². The molecule has 20 heavy (non-hydrogen) atoms. The van der Waals surface area contributed by atoms with Gasteiger partial charge >= 0.3 is 5.97 Å². The third kappa shape index (κ3) is 2.67. The van der Waals surface area contributed by atoms with E-state index in [9.17, 15) is 4.79 Å². The molecule has 0 aliphatic carbocycles. The van der Waals surface area contributed by atoms with Crippen molar-refractivity contribution in [2.24, 2.45) is 5.92 Å². The number of furan rings is 1. The van der Waals surface area contributed by atoms with Crippen molar-refractivity contribution in [3.63, 3.8) is 0 Å². The van der Waals surface area contributed by atoms with Crippen LogP contribution >= 0.6 is 11.6 Å². The molecule has 0 unspecified atom stereocenters. The van der Waals surface area contributed by atoms with E-state index in [1.165, 1.54) is 0 Å². The van der Waals surface area contributed by atoms with Crippen LogP contribution in [0.4, 0.5) is 0 Å². The monoisotopic (exact) mass is 293 g/mol. The van der Waals surface area contributed by atoms with Gasteiger partial charge in [0, 0.05) is 22.5 Å². The van der Waals surface area contributed by atoms with Crippen LogP contribution in [0.5, 0.6) is 0 Å². The first-order valence-corrected chi connectivity index (χ1v) is 7.12. The lowest BCUT2D eigenvalue weighted by molar-refractivity contribution is -0.143. The fourth-order valence-electron chi connectivity index (χ4n) is 2.81. The highest BCUT2D eigenvalue weighted by molar-refractivity contribution is 6.31. The van der Waals surface area contributed by atoms with E-state index >= 15 is 0 Å². The average Bonchev–Trinajstić information content (AvgIpc) is 2.87. The summed E-state index contributed by atoms with van der Waals surface area (Å²) in [7, 11) is 0. The number of nitrogens with zero attached hydrogens (tertiary/aromatic N) is 1. The molecule has 1 aromatic carbocycles. The van der Waals surface area contributed by atoms with E-state index in [0.717, 1.165) is 36.2 Å². The Morgan fingerprint density at radius 2 is 2.15 bits per heavy atom. The minimum absolute atomic E-state index is 0.200. The van der Waals surface area contributed by atoms with Crippen LogP contribution in [0.2, 0.25) is 5.02 Å². The minimum atomic E-state index is -0.680. The molecule has 1 aliphatic heterocycles. The van der Waals surface area contributed by atoms with E-state index < -0.39 is 5.97 Å². The molecule has 5 heteroatoms. The summed E-state index contributed by atoms with van der Waals surface area (Å²) in [5, 5.41) is 10.7. The zero-order chi connectivity index (χ0) is 14.1. The van der Waals surface area contributed by atoms with Gasteiger partial charge in [-0.25, -0.2) is 0 Å². The van der Waals surface area contributed by atoms with Crippen LogP contribution in [0.15, 0.2) is 28.9 Å². The first kappa shape index (κ1) is 13.5. The molecule has 1 fully saturated rings. The summed E-state index contributed by atoms with van der Waals surface area (Å²) in [6.07, 6.45) is 3.08. The Morgan fingerprint density at radius 1 is 1.40 bits per heavy atom. The number of halogens is 1. The first-order chi connectivity index (χ1) is 9.63. The number of carboxylic acid groups (broad SMARTS) is 1. The van der Waals surface area contributed by atoms with E-state index in [4.69, 9.17) is 21.1 Å². The second kappa shape index (κ2) is 5.46. The lowest BCUT2D eigenvalue weighted by Crippen LogP contribution is -2.35. The highest BCUT2D eigenvalue weighted by Crippen LogP contribution is 2.27. The standard InChI is InChI=1S/C15H16ClNO3/c16-13-7-11-3-6-20-14(11)12(8-13)9-17-4-1-10(2-5-17)15(18)19/h3,6-8,10H,1-2,4-5,9H2,(H,18,19). The summed E-state index contributed by atoms with van der Waals surface area (Å²) in [4.78, 5) is 13.2. The van der Waals surface area contributed by atoms with Gasteiger partial charge in [-0.15, -0.1) is 0 Å². The Bertz CT molecular complexity index is 629. The maximum absolute atomic E-state index is 11.0. The van der Waals surface area contributed by atoms with Crippen molar-refractivity contribution in [3.8, 4) is 0 Å². The smallest absolute Gasteiger partial charge is 0.306 e. The molecule has 1 aliphatic rings. The maximum Gasteiger partial charge on any atom is 0.306 e. The molecule has 0 bridgehead atoms. The highest BCUT2D eigenvalue weighted by atomic mass is 35.5. The van der Waals surface area contributed by atoms with Gasteiger partial charge < -0.3 is 9.52 Å². The summed E-state index contributed by atoms with van der Waals surface area (Å²) in [5.74, 6) is -0.880. The molecule has 4 nitrogen and oxygen atoms in total. The van der Waals surface area contributed by atoms with Gasteiger partial charge in [-0.2, -0.15) is 0 Å². The largest absolute Gasteiger partial charge is 0.481 e. The lowest BCUT2D eigenvalue weighted by Gasteiger charge is -2.30. The maximum atomic E-state index is 11.0. The average molecular weight is 294 g/mol. The molecule has 3 rings (SSSR count). The number of hydrogen-bond donors (Lipinski definition) is 1. The molecule has 2 heterocycles. The number of fused-ring (bicyclic) bond motifs is 1. The van der Waals surface area contributed by atoms with Crippen molar-refractivity contribution < 1.29 is 14.3 Å². The fourth-order valence-corrected chi connectivity index (χ4v) is 3.06. The van der Waals surface area contributed by atoms with Gasteiger partial charge in [0.15, 0.2) is 0 Å². The predicted octanol–water partition coefficient (Wildman–Crippen LogP) is 3.38. The third-order valence-electron chi connectivity index (χ3n) is 3.92. The Kier molecular flexibility index (Phi) is 3.68. The topological polar surface area (TPSA) is 53.7 Å². The Balaban J connectivity index is 1.74. The molecule has 0 spiro atoms. The zero-order valence-corrected chi connectivity index (χ0v) is 11.8. The van der Waals surface area contributed by atoms with Gasteiger partial charge in [0.05, 0.1) is 12.2 Å². The molecular formula is C15H16ClNO3. The number of carbonyl (C=O) groups is 1. The van der Waals surface area contributed by atoms with Crippen LogP contribution in [-0.4, -0.2) is 29.1 Å². The second-order valence-electron chi connectivity index (χ2n) is 5.29. The van der Waals surface area contributed by atoms with Crippen molar-refractivity contribution in [1.82, 2.24) is 4.90 Å². The van der Waals surface area contributed by atoms with Crippen LogP contribution in [0.1, 0.15) is 18.4 Å². The lowest BCUT2D eigenvalue weighted by atomic mass is 9.97. The number of piperidine rings is 1. The predicted molar refractivity (Wildman–Crippen MR) is 76.9 cm³/mol. The van der Waals surface area contributed by atoms with Crippen LogP contribution in [0, 0.1) is 5.92 Å². The van der Waals surface area contributed by atoms with E-state index in [1.807, 2.05) is 18.2 Å². The van der Waals surface area contributed by atoms with Gasteiger partial charge in [-0.3, -0.25) is 9.69 Å². The van der Waals surface area contributed by atoms with Crippen molar-refractivity contribution in [2.75, 3.05) is 13.1 Å². The zero-order valence-electron chi connectivity index (χ0n) is 11.0. The quantitative estimate of drug-likeness (QED) is 0.942. The second-order valence-corrected chi connectivity index (χ2v) is 5.73. The van der Waals surface area contributed by atoms with Gasteiger partial charge in [0.1, 0.15) is 5.58 Å². The first-order valence-electron chi connectivity index (χ1n) is 6.74. The molecule has 0 atom stereocenters. The Hall–Kier alpha value is -1.52. The third-order valence-corrected chi connectivity index (χ3v) is 4.14. The number of likely N-dealkylation sites (tertiary alicyclic amines) is 1. The fraction of sp³-hybridized carbons (Fsp3) is 0.400. The van der Waals surface area contributed by atoms with E-state index in [-0.39, 0.29) is 5.92 Å². The van der Waals surface area contributed by atoms with Crippen molar-refractivity contribution in [2.45, 2.75) is 19.4 Å². The Morgan fingerprint density at radius 3 is 2.85 bits per heavy atom. The van der Waals surface area contributed by atoms with E-state index in [2.05, 4.69) is 4.90 Å².